The maximum Gasteiger partial charge on any atom is 0.365 e. The van der Waals surface area contributed by atoms with Gasteiger partial charge in [-0.25, -0.2) is 4.79 Å². The molecular weight excluding hydrogens is 444 g/mol. The molecule has 168 valence electrons. The van der Waals surface area contributed by atoms with Crippen LogP contribution in [0.1, 0.15) is 45.7 Å². The van der Waals surface area contributed by atoms with Crippen LogP contribution in [0.15, 0.2) is 88.7 Å². The molecule has 5 nitrogen and oxygen atoms in total. The molecule has 0 N–H and O–H groups in total. The number of aromatic nitrogens is 1. The van der Waals surface area contributed by atoms with Crippen LogP contribution in [-0.2, 0) is 11.4 Å². The minimum absolute atomic E-state index is 0.0160. The fourth-order valence-electron chi connectivity index (χ4n) is 4.16. The fourth-order valence-corrected chi connectivity index (χ4v) is 4.80. The third kappa shape index (κ3) is 3.93. The molecule has 6 heteroatoms. The lowest BCUT2D eigenvalue weighted by atomic mass is 10.0. The molecule has 5 aromatic rings. The van der Waals surface area contributed by atoms with Crippen LogP contribution in [0.4, 0.5) is 0 Å². The van der Waals surface area contributed by atoms with Gasteiger partial charge in [0.15, 0.2) is 5.78 Å². The number of hydrogen-bond acceptors (Lipinski definition) is 5. The minimum Gasteiger partial charge on any atom is -0.341 e. The standard InChI is InChI=1S/C28H22N2O3S/c1-3-30-25-11-9-20(18(2)29-33-28(32)19-7-5-4-6-8-19)15-23(25)24-16-21(10-12-26(24)30)27(31)22-13-14-34-17-22/h4-17H,3H2,1-2H3/b29-18-. The number of thiophene rings is 1. The van der Waals surface area contributed by atoms with Gasteiger partial charge < -0.3 is 9.40 Å². The van der Waals surface area contributed by atoms with Crippen LogP contribution in [0, 0.1) is 0 Å². The van der Waals surface area contributed by atoms with Crippen molar-refractivity contribution < 1.29 is 14.4 Å². The molecular formula is C28H22N2O3S. The van der Waals surface area contributed by atoms with Gasteiger partial charge in [-0.2, -0.15) is 11.3 Å². The molecule has 34 heavy (non-hydrogen) atoms. The van der Waals surface area contributed by atoms with Crippen molar-refractivity contribution >= 4 is 50.6 Å². The highest BCUT2D eigenvalue weighted by Crippen LogP contribution is 2.31. The van der Waals surface area contributed by atoms with E-state index in [1.807, 2.05) is 66.2 Å². The molecule has 0 aliphatic carbocycles. The third-order valence-corrected chi connectivity index (χ3v) is 6.60. The largest absolute Gasteiger partial charge is 0.365 e. The van der Waals surface area contributed by atoms with Gasteiger partial charge in [0.1, 0.15) is 0 Å². The minimum atomic E-state index is -0.500. The summed E-state index contributed by atoms with van der Waals surface area (Å²) >= 11 is 1.51. The van der Waals surface area contributed by atoms with Crippen molar-refractivity contribution in [3.8, 4) is 0 Å². The van der Waals surface area contributed by atoms with Crippen LogP contribution in [0.3, 0.4) is 0 Å². The predicted octanol–water partition coefficient (Wildman–Crippen LogP) is 6.69. The van der Waals surface area contributed by atoms with Crippen molar-refractivity contribution in [1.82, 2.24) is 4.57 Å². The summed E-state index contributed by atoms with van der Waals surface area (Å²) in [7, 11) is 0. The van der Waals surface area contributed by atoms with E-state index < -0.39 is 5.97 Å². The summed E-state index contributed by atoms with van der Waals surface area (Å²) < 4.78 is 2.23. The van der Waals surface area contributed by atoms with E-state index >= 15 is 0 Å². The van der Waals surface area contributed by atoms with E-state index in [0.717, 1.165) is 33.9 Å². The molecule has 0 atom stereocenters. The van der Waals surface area contributed by atoms with E-state index in [9.17, 15) is 9.59 Å². The molecule has 0 unspecified atom stereocenters. The first kappa shape index (κ1) is 21.8. The molecule has 0 aliphatic rings. The summed E-state index contributed by atoms with van der Waals surface area (Å²) in [5.41, 5.74) is 5.40. The van der Waals surface area contributed by atoms with Crippen molar-refractivity contribution in [3.05, 3.63) is 106 Å². The molecule has 0 radical (unpaired) electrons. The highest BCUT2D eigenvalue weighted by molar-refractivity contribution is 7.08. The highest BCUT2D eigenvalue weighted by Gasteiger charge is 2.16. The zero-order valence-corrected chi connectivity index (χ0v) is 19.6. The van der Waals surface area contributed by atoms with Crippen molar-refractivity contribution in [3.63, 3.8) is 0 Å². The number of aryl methyl sites for hydroxylation is 1. The second-order valence-corrected chi connectivity index (χ2v) is 8.75. The molecule has 5 rings (SSSR count). The number of benzene rings is 3. The smallest absolute Gasteiger partial charge is 0.341 e. The first-order valence-electron chi connectivity index (χ1n) is 11.0. The number of rotatable bonds is 6. The molecule has 0 bridgehead atoms. The average Bonchev–Trinajstić information content (AvgIpc) is 3.53. The van der Waals surface area contributed by atoms with Crippen LogP contribution in [0.5, 0.6) is 0 Å². The lowest BCUT2D eigenvalue weighted by Gasteiger charge is -2.05. The Labute approximate surface area is 200 Å². The number of oxime groups is 1. The summed E-state index contributed by atoms with van der Waals surface area (Å²) in [5.74, 6) is -0.484. The summed E-state index contributed by atoms with van der Waals surface area (Å²) in [6, 6.07) is 22.6. The normalized spacial score (nSPS) is 11.8. The van der Waals surface area contributed by atoms with Crippen LogP contribution < -0.4 is 0 Å². The SMILES string of the molecule is CCn1c2ccc(C(=O)c3ccsc3)cc2c2cc(/C(C)=N\OC(=O)c3ccccc3)ccc21. The average molecular weight is 467 g/mol. The Morgan fingerprint density at radius 1 is 0.853 bits per heavy atom. The number of carbonyl (C=O) groups excluding carboxylic acids is 2. The molecule has 0 aliphatic heterocycles. The zero-order chi connectivity index (χ0) is 23.7. The molecule has 0 fully saturated rings. The summed E-state index contributed by atoms with van der Waals surface area (Å²) in [4.78, 5) is 30.3. The Balaban J connectivity index is 1.54. The fraction of sp³-hybridized carbons (Fsp3) is 0.107. The second-order valence-electron chi connectivity index (χ2n) is 7.97. The predicted molar refractivity (Wildman–Crippen MR) is 137 cm³/mol. The van der Waals surface area contributed by atoms with Crippen LogP contribution in [0.2, 0.25) is 0 Å². The van der Waals surface area contributed by atoms with E-state index in [4.69, 9.17) is 4.84 Å². The number of hydrogen-bond donors (Lipinski definition) is 0. The molecule has 3 aromatic carbocycles. The molecule has 2 heterocycles. The monoisotopic (exact) mass is 466 g/mol. The van der Waals surface area contributed by atoms with Crippen molar-refractivity contribution in [2.24, 2.45) is 5.16 Å². The van der Waals surface area contributed by atoms with Gasteiger partial charge in [0, 0.05) is 44.9 Å². The van der Waals surface area contributed by atoms with Gasteiger partial charge in [-0.3, -0.25) is 4.79 Å². The topological polar surface area (TPSA) is 60.7 Å². The van der Waals surface area contributed by atoms with E-state index in [1.54, 1.807) is 24.3 Å². The number of fused-ring (bicyclic) bond motifs is 3. The van der Waals surface area contributed by atoms with E-state index in [1.165, 1.54) is 11.3 Å². The van der Waals surface area contributed by atoms with Crippen molar-refractivity contribution in [2.75, 3.05) is 0 Å². The molecule has 0 spiro atoms. The lowest BCUT2D eigenvalue weighted by molar-refractivity contribution is 0.0516. The molecule has 0 saturated heterocycles. The van der Waals surface area contributed by atoms with Gasteiger partial charge in [-0.15, -0.1) is 0 Å². The Morgan fingerprint density at radius 2 is 1.53 bits per heavy atom. The van der Waals surface area contributed by atoms with Gasteiger partial charge in [0.2, 0.25) is 0 Å². The van der Waals surface area contributed by atoms with Gasteiger partial charge in [-0.05, 0) is 73.3 Å². The van der Waals surface area contributed by atoms with Crippen LogP contribution in [-0.4, -0.2) is 22.0 Å². The number of carbonyl (C=O) groups is 2. The van der Waals surface area contributed by atoms with Crippen LogP contribution >= 0.6 is 11.3 Å². The number of ketones is 1. The maximum absolute atomic E-state index is 12.9. The van der Waals surface area contributed by atoms with Gasteiger partial charge >= 0.3 is 5.97 Å². The lowest BCUT2D eigenvalue weighted by Crippen LogP contribution is -2.03. The van der Waals surface area contributed by atoms with Crippen molar-refractivity contribution in [2.45, 2.75) is 20.4 Å². The Hall–Kier alpha value is -4.03. The zero-order valence-electron chi connectivity index (χ0n) is 18.8. The molecule has 2 aromatic heterocycles. The Morgan fingerprint density at radius 3 is 2.18 bits per heavy atom. The van der Waals surface area contributed by atoms with Crippen LogP contribution in [0.25, 0.3) is 21.8 Å². The maximum atomic E-state index is 12.9. The van der Waals surface area contributed by atoms with E-state index in [-0.39, 0.29) is 5.78 Å². The Kier molecular flexibility index (Phi) is 5.82. The third-order valence-electron chi connectivity index (χ3n) is 5.92. The quantitative estimate of drug-likeness (QED) is 0.121. The highest BCUT2D eigenvalue weighted by atomic mass is 32.1. The molecule has 0 amide bonds. The summed E-state index contributed by atoms with van der Waals surface area (Å²) in [5, 5.41) is 9.89. The summed E-state index contributed by atoms with van der Waals surface area (Å²) in [6.07, 6.45) is 0. The van der Waals surface area contributed by atoms with Gasteiger partial charge in [-0.1, -0.05) is 29.4 Å². The second kappa shape index (κ2) is 9.08. The Bertz CT molecular complexity index is 1550. The van der Waals surface area contributed by atoms with Gasteiger partial charge in [0.25, 0.3) is 0 Å². The van der Waals surface area contributed by atoms with Gasteiger partial charge in [0.05, 0.1) is 11.3 Å². The van der Waals surface area contributed by atoms with E-state index in [0.29, 0.717) is 22.4 Å². The van der Waals surface area contributed by atoms with Crippen molar-refractivity contribution in [1.29, 1.82) is 0 Å². The van der Waals surface area contributed by atoms with E-state index in [2.05, 4.69) is 16.6 Å². The summed E-state index contributed by atoms with van der Waals surface area (Å²) in [6.45, 7) is 4.72. The first-order valence-corrected chi connectivity index (χ1v) is 12.0. The number of nitrogens with zero attached hydrogens (tertiary/aromatic N) is 2. The first-order chi connectivity index (χ1) is 16.6. The molecule has 0 saturated carbocycles.